The van der Waals surface area contributed by atoms with Gasteiger partial charge in [0.2, 0.25) is 5.91 Å². The van der Waals surface area contributed by atoms with E-state index >= 15 is 0 Å². The van der Waals surface area contributed by atoms with E-state index in [1.54, 1.807) is 11.8 Å². The second-order valence-electron chi connectivity index (χ2n) is 4.19. The van der Waals surface area contributed by atoms with Crippen molar-refractivity contribution in [3.05, 3.63) is 29.8 Å². The van der Waals surface area contributed by atoms with Crippen LogP contribution in [0.2, 0.25) is 0 Å². The van der Waals surface area contributed by atoms with Crippen LogP contribution >= 0.6 is 11.8 Å². The molecule has 0 aromatic heterocycles. The Morgan fingerprint density at radius 3 is 2.83 bits per heavy atom. The maximum atomic E-state index is 12.1. The first-order valence-corrected chi connectivity index (χ1v) is 7.16. The van der Waals surface area contributed by atoms with Gasteiger partial charge in [0.15, 0.2) is 0 Å². The molecule has 96 valence electrons. The third-order valence-electron chi connectivity index (χ3n) is 3.05. The van der Waals surface area contributed by atoms with Crippen molar-refractivity contribution in [2.75, 3.05) is 16.9 Å². The molecule has 0 bridgehead atoms. The first kappa shape index (κ1) is 13.0. The van der Waals surface area contributed by atoms with E-state index < -0.39 is 12.0 Å². The minimum atomic E-state index is -0.941. The van der Waals surface area contributed by atoms with Crippen LogP contribution in [0.25, 0.3) is 0 Å². The third kappa shape index (κ3) is 2.36. The number of hydrogen-bond acceptors (Lipinski definition) is 3. The number of rotatable bonds is 4. The largest absolute Gasteiger partial charge is 0.480 e. The monoisotopic (exact) mass is 265 g/mol. The van der Waals surface area contributed by atoms with E-state index in [0.29, 0.717) is 18.6 Å². The molecule has 1 amide bonds. The molecular formula is C13H15NO3S. The zero-order valence-electron chi connectivity index (χ0n) is 10.1. The number of hydrogen-bond donors (Lipinski definition) is 1. The summed E-state index contributed by atoms with van der Waals surface area (Å²) < 4.78 is 0. The van der Waals surface area contributed by atoms with Crippen LogP contribution in [0.1, 0.15) is 12.0 Å². The van der Waals surface area contributed by atoms with E-state index in [9.17, 15) is 14.7 Å². The number of fused-ring (bicyclic) bond motifs is 1. The van der Waals surface area contributed by atoms with Crippen molar-refractivity contribution in [2.24, 2.45) is 0 Å². The van der Waals surface area contributed by atoms with Crippen molar-refractivity contribution in [1.29, 1.82) is 0 Å². The molecule has 0 spiro atoms. The summed E-state index contributed by atoms with van der Waals surface area (Å²) in [5, 5.41) is 9.23. The number of carboxylic acid groups (broad SMARTS) is 1. The van der Waals surface area contributed by atoms with Gasteiger partial charge < -0.3 is 5.11 Å². The zero-order valence-corrected chi connectivity index (χ0v) is 10.9. The van der Waals surface area contributed by atoms with Gasteiger partial charge in [0.1, 0.15) is 6.04 Å². The van der Waals surface area contributed by atoms with Gasteiger partial charge in [-0.3, -0.25) is 9.69 Å². The summed E-state index contributed by atoms with van der Waals surface area (Å²) in [6, 6.07) is 6.64. The van der Waals surface area contributed by atoms with Crippen LogP contribution in [0.3, 0.4) is 0 Å². The second kappa shape index (κ2) is 5.44. The molecule has 1 aromatic carbocycles. The Morgan fingerprint density at radius 2 is 2.17 bits per heavy atom. The number of carbonyl (C=O) groups excluding carboxylic acids is 1. The fraction of sp³-hybridized carbons (Fsp3) is 0.385. The Bertz CT molecular complexity index is 475. The summed E-state index contributed by atoms with van der Waals surface area (Å²) in [5.74, 6) is -0.338. The summed E-state index contributed by atoms with van der Waals surface area (Å²) >= 11 is 1.58. The molecule has 5 heteroatoms. The zero-order chi connectivity index (χ0) is 13.1. The molecule has 18 heavy (non-hydrogen) atoms. The predicted octanol–water partition coefficient (Wildman–Crippen LogP) is 1.78. The molecule has 0 fully saturated rings. The van der Waals surface area contributed by atoms with E-state index in [0.717, 1.165) is 11.3 Å². The highest BCUT2D eigenvalue weighted by atomic mass is 32.2. The number of carbonyl (C=O) groups is 2. The quantitative estimate of drug-likeness (QED) is 0.901. The van der Waals surface area contributed by atoms with Crippen LogP contribution in [0.4, 0.5) is 5.69 Å². The minimum absolute atomic E-state index is 0.110. The average Bonchev–Trinajstić information content (AvgIpc) is 2.75. The molecule has 1 heterocycles. The number of aliphatic carboxylic acids is 1. The molecule has 0 radical (unpaired) electrons. The number of benzene rings is 1. The number of nitrogens with zero attached hydrogens (tertiary/aromatic N) is 1. The summed E-state index contributed by atoms with van der Waals surface area (Å²) in [7, 11) is 0. The molecule has 1 N–H and O–H groups in total. The lowest BCUT2D eigenvalue weighted by Gasteiger charge is -2.22. The van der Waals surface area contributed by atoms with Gasteiger partial charge in [-0.25, -0.2) is 4.79 Å². The van der Waals surface area contributed by atoms with Crippen LogP contribution in [0, 0.1) is 0 Å². The minimum Gasteiger partial charge on any atom is -0.480 e. The van der Waals surface area contributed by atoms with Crippen LogP contribution in [-0.4, -0.2) is 35.0 Å². The Labute approximate surface area is 110 Å². The Morgan fingerprint density at radius 1 is 1.44 bits per heavy atom. The molecule has 1 aliphatic rings. The molecule has 0 saturated carbocycles. The van der Waals surface area contributed by atoms with Gasteiger partial charge in [0.25, 0.3) is 0 Å². The highest BCUT2D eigenvalue weighted by molar-refractivity contribution is 7.98. The summed E-state index contributed by atoms with van der Waals surface area (Å²) in [6.45, 7) is 0. The fourth-order valence-corrected chi connectivity index (χ4v) is 2.58. The van der Waals surface area contributed by atoms with Crippen molar-refractivity contribution < 1.29 is 14.7 Å². The fourth-order valence-electron chi connectivity index (χ4n) is 2.20. The van der Waals surface area contributed by atoms with Gasteiger partial charge >= 0.3 is 5.97 Å². The van der Waals surface area contributed by atoms with E-state index in [-0.39, 0.29) is 5.91 Å². The number of para-hydroxylation sites is 1. The topological polar surface area (TPSA) is 57.6 Å². The molecule has 1 aromatic rings. The lowest BCUT2D eigenvalue weighted by atomic mass is 10.1. The van der Waals surface area contributed by atoms with Crippen LogP contribution < -0.4 is 4.90 Å². The van der Waals surface area contributed by atoms with E-state index in [4.69, 9.17) is 0 Å². The van der Waals surface area contributed by atoms with Crippen molar-refractivity contribution in [2.45, 2.75) is 18.9 Å². The number of carboxylic acids is 1. The van der Waals surface area contributed by atoms with Gasteiger partial charge in [-0.05, 0) is 17.9 Å². The van der Waals surface area contributed by atoms with E-state index in [1.165, 1.54) is 4.90 Å². The Hall–Kier alpha value is -1.49. The number of thioether (sulfide) groups is 1. The van der Waals surface area contributed by atoms with Gasteiger partial charge in [0, 0.05) is 24.3 Å². The smallest absolute Gasteiger partial charge is 0.327 e. The van der Waals surface area contributed by atoms with Crippen molar-refractivity contribution in [1.82, 2.24) is 0 Å². The van der Waals surface area contributed by atoms with Gasteiger partial charge in [-0.2, -0.15) is 11.8 Å². The lowest BCUT2D eigenvalue weighted by Crippen LogP contribution is -2.43. The van der Waals surface area contributed by atoms with Crippen LogP contribution in [0.5, 0.6) is 0 Å². The van der Waals surface area contributed by atoms with Crippen molar-refractivity contribution >= 4 is 29.3 Å². The Kier molecular flexibility index (Phi) is 3.91. The molecule has 1 atom stereocenters. The highest BCUT2D eigenvalue weighted by Crippen LogP contribution is 2.32. The summed E-state index contributed by atoms with van der Waals surface area (Å²) in [4.78, 5) is 24.8. The van der Waals surface area contributed by atoms with E-state index in [1.807, 2.05) is 30.5 Å². The predicted molar refractivity (Wildman–Crippen MR) is 72.1 cm³/mol. The van der Waals surface area contributed by atoms with Gasteiger partial charge in [0.05, 0.1) is 0 Å². The highest BCUT2D eigenvalue weighted by Gasteiger charge is 2.37. The Balaban J connectivity index is 2.28. The molecule has 2 rings (SSSR count). The van der Waals surface area contributed by atoms with E-state index in [2.05, 4.69) is 0 Å². The summed E-state index contributed by atoms with van der Waals surface area (Å²) in [5.41, 5.74) is 1.68. The van der Waals surface area contributed by atoms with Crippen LogP contribution in [-0.2, 0) is 16.0 Å². The number of anilines is 1. The molecule has 0 aliphatic carbocycles. The molecule has 4 nitrogen and oxygen atoms in total. The molecule has 0 saturated heterocycles. The number of amides is 1. The van der Waals surface area contributed by atoms with Crippen molar-refractivity contribution in [3.8, 4) is 0 Å². The second-order valence-corrected chi connectivity index (χ2v) is 5.18. The molecule has 1 unspecified atom stereocenters. The maximum absolute atomic E-state index is 12.1. The van der Waals surface area contributed by atoms with Crippen molar-refractivity contribution in [3.63, 3.8) is 0 Å². The standard InChI is InChI=1S/C13H15NO3S/c1-18-7-6-12(15)14-10-5-3-2-4-9(10)8-11(14)13(16)17/h2-5,11H,6-8H2,1H3,(H,16,17). The first-order valence-electron chi connectivity index (χ1n) is 5.77. The average molecular weight is 265 g/mol. The van der Waals surface area contributed by atoms with Crippen LogP contribution in [0.15, 0.2) is 24.3 Å². The first-order chi connectivity index (χ1) is 8.65. The summed E-state index contributed by atoms with van der Waals surface area (Å²) in [6.07, 6.45) is 2.70. The third-order valence-corrected chi connectivity index (χ3v) is 3.66. The molecule has 1 aliphatic heterocycles. The maximum Gasteiger partial charge on any atom is 0.327 e. The molecular weight excluding hydrogens is 250 g/mol. The van der Waals surface area contributed by atoms with Gasteiger partial charge in [-0.1, -0.05) is 18.2 Å². The normalized spacial score (nSPS) is 17.6. The SMILES string of the molecule is CSCCC(=O)N1c2ccccc2CC1C(=O)O. The van der Waals surface area contributed by atoms with Gasteiger partial charge in [-0.15, -0.1) is 0 Å². The lowest BCUT2D eigenvalue weighted by molar-refractivity contribution is -0.139.